The molecule has 2 rings (SSSR count). The van der Waals surface area contributed by atoms with E-state index in [4.69, 9.17) is 11.6 Å². The third-order valence-electron chi connectivity index (χ3n) is 2.64. The van der Waals surface area contributed by atoms with Crippen LogP contribution in [0.15, 0.2) is 40.9 Å². The minimum absolute atomic E-state index is 0.0624. The van der Waals surface area contributed by atoms with Crippen LogP contribution in [0.5, 0.6) is 0 Å². The number of rotatable bonds is 4. The molecule has 104 valence electrons. The maximum Gasteiger partial charge on any atom is 0.292 e. The van der Waals surface area contributed by atoms with Crippen LogP contribution in [0.2, 0.25) is 5.02 Å². The highest BCUT2D eigenvalue weighted by molar-refractivity contribution is 9.10. The van der Waals surface area contributed by atoms with Gasteiger partial charge >= 0.3 is 0 Å². The molecule has 0 aromatic heterocycles. The fourth-order valence-corrected chi connectivity index (χ4v) is 2.33. The number of hydrogen-bond donors (Lipinski definition) is 1. The largest absolute Gasteiger partial charge is 0.375 e. The van der Waals surface area contributed by atoms with Crippen LogP contribution in [0.4, 0.5) is 15.8 Å². The maximum absolute atomic E-state index is 13.0. The first-order valence-electron chi connectivity index (χ1n) is 5.59. The Labute approximate surface area is 127 Å². The van der Waals surface area contributed by atoms with Crippen LogP contribution in [0.1, 0.15) is 5.56 Å². The van der Waals surface area contributed by atoms with E-state index in [1.807, 2.05) is 0 Å². The highest BCUT2D eigenvalue weighted by Gasteiger charge is 2.14. The van der Waals surface area contributed by atoms with Gasteiger partial charge in [-0.1, -0.05) is 33.6 Å². The lowest BCUT2D eigenvalue weighted by atomic mass is 10.2. The molecule has 0 saturated heterocycles. The van der Waals surface area contributed by atoms with E-state index < -0.39 is 4.92 Å². The highest BCUT2D eigenvalue weighted by Crippen LogP contribution is 2.28. The summed E-state index contributed by atoms with van der Waals surface area (Å²) in [7, 11) is 0. The summed E-state index contributed by atoms with van der Waals surface area (Å²) in [5, 5.41) is 14.3. The molecule has 0 amide bonds. The average molecular weight is 360 g/mol. The molecule has 0 radical (unpaired) electrons. The maximum atomic E-state index is 13.0. The number of nitrogens with one attached hydrogen (secondary N) is 1. The topological polar surface area (TPSA) is 55.2 Å². The van der Waals surface area contributed by atoms with E-state index in [1.165, 1.54) is 30.3 Å². The van der Waals surface area contributed by atoms with E-state index in [9.17, 15) is 14.5 Å². The van der Waals surface area contributed by atoms with Gasteiger partial charge in [-0.25, -0.2) is 4.39 Å². The normalized spacial score (nSPS) is 10.3. The Morgan fingerprint density at radius 3 is 2.70 bits per heavy atom. The van der Waals surface area contributed by atoms with Crippen molar-refractivity contribution < 1.29 is 9.31 Å². The predicted molar refractivity (Wildman–Crippen MR) is 79.5 cm³/mol. The van der Waals surface area contributed by atoms with Gasteiger partial charge in [-0.15, -0.1) is 0 Å². The zero-order valence-corrected chi connectivity index (χ0v) is 12.4. The summed E-state index contributed by atoms with van der Waals surface area (Å²) >= 11 is 9.08. The molecule has 0 atom stereocenters. The Hall–Kier alpha value is -1.66. The summed E-state index contributed by atoms with van der Waals surface area (Å²) in [5.74, 6) is -0.352. The minimum atomic E-state index is -0.488. The highest BCUT2D eigenvalue weighted by atomic mass is 79.9. The van der Waals surface area contributed by atoms with Crippen molar-refractivity contribution in [3.05, 3.63) is 67.4 Å². The van der Waals surface area contributed by atoms with E-state index in [1.54, 1.807) is 6.07 Å². The zero-order valence-electron chi connectivity index (χ0n) is 10.1. The van der Waals surface area contributed by atoms with Crippen molar-refractivity contribution in [2.75, 3.05) is 5.32 Å². The summed E-state index contributed by atoms with van der Waals surface area (Å²) in [6.45, 7) is 0.308. The van der Waals surface area contributed by atoms with Crippen molar-refractivity contribution in [3.63, 3.8) is 0 Å². The van der Waals surface area contributed by atoms with E-state index in [0.29, 0.717) is 21.7 Å². The number of benzene rings is 2. The first-order valence-corrected chi connectivity index (χ1v) is 6.76. The smallest absolute Gasteiger partial charge is 0.292 e. The second-order valence-corrected chi connectivity index (χ2v) is 5.30. The first-order chi connectivity index (χ1) is 9.47. The molecule has 0 aliphatic carbocycles. The summed E-state index contributed by atoms with van der Waals surface area (Å²) in [4.78, 5) is 10.4. The Morgan fingerprint density at radius 1 is 1.30 bits per heavy atom. The standard InChI is InChI=1S/C13H9BrClFN2O2/c14-11-6-10(16)3-1-8(11)7-17-12-5-9(15)2-4-13(12)18(19)20/h1-6,17H,7H2. The van der Waals surface area contributed by atoms with E-state index in [2.05, 4.69) is 21.2 Å². The van der Waals surface area contributed by atoms with Gasteiger partial charge < -0.3 is 5.32 Å². The van der Waals surface area contributed by atoms with E-state index in [-0.39, 0.29) is 11.5 Å². The van der Waals surface area contributed by atoms with Crippen LogP contribution in [0.3, 0.4) is 0 Å². The number of hydrogen-bond acceptors (Lipinski definition) is 3. The Morgan fingerprint density at radius 2 is 2.05 bits per heavy atom. The van der Waals surface area contributed by atoms with Crippen LogP contribution < -0.4 is 5.32 Å². The molecule has 2 aromatic carbocycles. The van der Waals surface area contributed by atoms with Crippen molar-refractivity contribution in [2.45, 2.75) is 6.54 Å². The molecular weight excluding hydrogens is 351 g/mol. The molecule has 0 unspecified atom stereocenters. The van der Waals surface area contributed by atoms with Crippen molar-refractivity contribution in [2.24, 2.45) is 0 Å². The fourth-order valence-electron chi connectivity index (χ4n) is 1.66. The quantitative estimate of drug-likeness (QED) is 0.632. The zero-order chi connectivity index (χ0) is 14.7. The van der Waals surface area contributed by atoms with Crippen molar-refractivity contribution >= 4 is 38.9 Å². The molecule has 0 spiro atoms. The molecule has 4 nitrogen and oxygen atoms in total. The summed E-state index contributed by atoms with van der Waals surface area (Å²) in [6.07, 6.45) is 0. The van der Waals surface area contributed by atoms with Gasteiger partial charge in [0.25, 0.3) is 5.69 Å². The second-order valence-electron chi connectivity index (χ2n) is 4.01. The van der Waals surface area contributed by atoms with Gasteiger partial charge in [0, 0.05) is 22.1 Å². The Balaban J connectivity index is 2.22. The summed E-state index contributed by atoms with van der Waals surface area (Å²) in [6, 6.07) is 8.54. The molecule has 0 heterocycles. The van der Waals surface area contributed by atoms with Gasteiger partial charge in [-0.3, -0.25) is 10.1 Å². The fraction of sp³-hybridized carbons (Fsp3) is 0.0769. The molecule has 0 bridgehead atoms. The van der Waals surface area contributed by atoms with Crippen LogP contribution in [-0.4, -0.2) is 4.92 Å². The third-order valence-corrected chi connectivity index (χ3v) is 3.61. The molecule has 0 aliphatic heterocycles. The van der Waals surface area contributed by atoms with Gasteiger partial charge in [0.15, 0.2) is 0 Å². The van der Waals surface area contributed by atoms with Gasteiger partial charge in [-0.05, 0) is 29.8 Å². The predicted octanol–water partition coefficient (Wildman–Crippen LogP) is 4.76. The molecule has 2 aromatic rings. The molecule has 0 fully saturated rings. The molecule has 20 heavy (non-hydrogen) atoms. The lowest BCUT2D eigenvalue weighted by Crippen LogP contribution is -2.03. The van der Waals surface area contributed by atoms with Crippen molar-refractivity contribution in [1.82, 2.24) is 0 Å². The van der Waals surface area contributed by atoms with Crippen LogP contribution in [-0.2, 0) is 6.54 Å². The van der Waals surface area contributed by atoms with Gasteiger partial charge in [0.2, 0.25) is 0 Å². The summed E-state index contributed by atoms with van der Waals surface area (Å²) in [5.41, 5.74) is 1.03. The number of halogens is 3. The molecule has 0 aliphatic rings. The van der Waals surface area contributed by atoms with Crippen LogP contribution in [0.25, 0.3) is 0 Å². The van der Waals surface area contributed by atoms with Crippen LogP contribution >= 0.6 is 27.5 Å². The molecular formula is C13H9BrClFN2O2. The monoisotopic (exact) mass is 358 g/mol. The SMILES string of the molecule is O=[N+]([O-])c1ccc(Cl)cc1NCc1ccc(F)cc1Br. The average Bonchev–Trinajstić information content (AvgIpc) is 2.37. The Bertz CT molecular complexity index is 667. The first kappa shape index (κ1) is 14.7. The summed E-state index contributed by atoms with van der Waals surface area (Å²) < 4.78 is 13.6. The van der Waals surface area contributed by atoms with Crippen molar-refractivity contribution in [1.29, 1.82) is 0 Å². The number of nitro benzene ring substituents is 1. The third kappa shape index (κ3) is 3.46. The van der Waals surface area contributed by atoms with E-state index >= 15 is 0 Å². The van der Waals surface area contributed by atoms with Crippen molar-refractivity contribution in [3.8, 4) is 0 Å². The van der Waals surface area contributed by atoms with E-state index in [0.717, 1.165) is 5.56 Å². The van der Waals surface area contributed by atoms with Crippen LogP contribution in [0, 0.1) is 15.9 Å². The van der Waals surface area contributed by atoms with Gasteiger partial charge in [0.05, 0.1) is 4.92 Å². The number of nitrogens with zero attached hydrogens (tertiary/aromatic N) is 1. The van der Waals surface area contributed by atoms with Gasteiger partial charge in [-0.2, -0.15) is 0 Å². The Kier molecular flexibility index (Phi) is 4.57. The molecule has 0 saturated carbocycles. The second kappa shape index (κ2) is 6.19. The lowest BCUT2D eigenvalue weighted by molar-refractivity contribution is -0.384. The lowest BCUT2D eigenvalue weighted by Gasteiger charge is -2.09. The number of anilines is 1. The molecule has 7 heteroatoms. The van der Waals surface area contributed by atoms with Gasteiger partial charge in [0.1, 0.15) is 11.5 Å². The molecule has 1 N–H and O–H groups in total. The minimum Gasteiger partial charge on any atom is -0.375 e. The number of nitro groups is 1.